The highest BCUT2D eigenvalue weighted by molar-refractivity contribution is 5.93. The van der Waals surface area contributed by atoms with E-state index in [0.717, 1.165) is 25.7 Å². The van der Waals surface area contributed by atoms with Crippen LogP contribution in [0.15, 0.2) is 22.8 Å². The molecule has 0 radical (unpaired) electrons. The summed E-state index contributed by atoms with van der Waals surface area (Å²) in [6.45, 7) is 4.54. The maximum atomic E-state index is 11.8. The van der Waals surface area contributed by atoms with Gasteiger partial charge in [0.15, 0.2) is 5.78 Å². The van der Waals surface area contributed by atoms with Crippen molar-refractivity contribution in [2.45, 2.75) is 64.9 Å². The van der Waals surface area contributed by atoms with Gasteiger partial charge in [0, 0.05) is 6.42 Å². The van der Waals surface area contributed by atoms with Crippen molar-refractivity contribution in [2.75, 3.05) is 0 Å². The van der Waals surface area contributed by atoms with Crippen molar-refractivity contribution >= 4 is 5.78 Å². The van der Waals surface area contributed by atoms with E-state index in [9.17, 15) is 9.90 Å². The maximum absolute atomic E-state index is 11.8. The molecule has 4 aliphatic carbocycles. The molecule has 2 fully saturated rings. The summed E-state index contributed by atoms with van der Waals surface area (Å²) in [5.74, 6) is 2.06. The van der Waals surface area contributed by atoms with E-state index in [1.54, 1.807) is 5.57 Å². The number of hydrogen-bond donors (Lipinski definition) is 1. The van der Waals surface area contributed by atoms with Crippen LogP contribution in [0.2, 0.25) is 0 Å². The van der Waals surface area contributed by atoms with Crippen molar-refractivity contribution < 1.29 is 9.90 Å². The number of aliphatic hydroxyl groups excluding tert-OH is 1. The molecule has 1 unspecified atom stereocenters. The van der Waals surface area contributed by atoms with E-state index in [1.807, 2.05) is 6.08 Å². The van der Waals surface area contributed by atoms with E-state index in [2.05, 4.69) is 13.8 Å². The molecule has 0 saturated heterocycles. The average Bonchev–Trinajstić information content (AvgIpc) is 2.74. The summed E-state index contributed by atoms with van der Waals surface area (Å²) >= 11 is 0. The summed E-state index contributed by atoms with van der Waals surface area (Å²) in [5, 5.41) is 10.4. The maximum Gasteiger partial charge on any atom is 0.156 e. The number of carbonyl (C=O) groups is 1. The van der Waals surface area contributed by atoms with Gasteiger partial charge in [0.2, 0.25) is 0 Å². The topological polar surface area (TPSA) is 37.3 Å². The molecule has 2 saturated carbocycles. The van der Waals surface area contributed by atoms with Gasteiger partial charge in [0.05, 0.1) is 6.10 Å². The molecule has 5 atom stereocenters. The fourth-order valence-corrected chi connectivity index (χ4v) is 5.89. The molecule has 0 aromatic carbocycles. The molecule has 4 rings (SSSR count). The molecule has 114 valence electrons. The Morgan fingerprint density at radius 2 is 2.05 bits per heavy atom. The summed E-state index contributed by atoms with van der Waals surface area (Å²) in [6, 6.07) is 0. The minimum absolute atomic E-state index is 0.101. The third-order valence-electron chi connectivity index (χ3n) is 6.98. The van der Waals surface area contributed by atoms with Crippen LogP contribution in [0.5, 0.6) is 0 Å². The van der Waals surface area contributed by atoms with Crippen LogP contribution in [0.4, 0.5) is 0 Å². The Kier molecular flexibility index (Phi) is 2.98. The fourth-order valence-electron chi connectivity index (χ4n) is 5.89. The Bertz CT molecular complexity index is 556. The van der Waals surface area contributed by atoms with Crippen LogP contribution >= 0.6 is 0 Å². The smallest absolute Gasteiger partial charge is 0.156 e. The molecule has 0 aromatic heterocycles. The van der Waals surface area contributed by atoms with Crippen molar-refractivity contribution in [1.29, 1.82) is 0 Å². The molecule has 2 nitrogen and oxygen atoms in total. The van der Waals surface area contributed by atoms with E-state index in [4.69, 9.17) is 0 Å². The quantitative estimate of drug-likeness (QED) is 0.735. The van der Waals surface area contributed by atoms with E-state index in [0.29, 0.717) is 30.0 Å². The molecule has 0 heterocycles. The van der Waals surface area contributed by atoms with Gasteiger partial charge in [0.1, 0.15) is 0 Å². The number of hydrogen-bond acceptors (Lipinski definition) is 2. The summed E-state index contributed by atoms with van der Waals surface area (Å²) in [4.78, 5) is 11.8. The van der Waals surface area contributed by atoms with Crippen LogP contribution in [0.3, 0.4) is 0 Å². The Hall–Kier alpha value is -0.890. The van der Waals surface area contributed by atoms with Gasteiger partial charge in [-0.1, -0.05) is 19.4 Å². The lowest BCUT2D eigenvalue weighted by atomic mass is 9.56. The first kappa shape index (κ1) is 13.8. The van der Waals surface area contributed by atoms with Crippen LogP contribution < -0.4 is 0 Å². The first-order valence-electron chi connectivity index (χ1n) is 8.65. The average molecular weight is 286 g/mol. The standard InChI is InChI=1S/C19H26O2/c1-11-9-13(20)10-12-3-4-14-15(18(11)12)7-8-19(2)16(14)5-6-17(19)21/h10-11,14,16-17,21H,3-9H2,1-2H3/t11?,14-,16+,17+,19+/m1/s1. The number of fused-ring (bicyclic) bond motifs is 4. The molecular formula is C19H26O2. The molecule has 0 spiro atoms. The Labute approximate surface area is 127 Å². The summed E-state index contributed by atoms with van der Waals surface area (Å²) in [5.41, 5.74) is 4.68. The van der Waals surface area contributed by atoms with Gasteiger partial charge in [-0.25, -0.2) is 0 Å². The molecule has 4 aliphatic rings. The minimum Gasteiger partial charge on any atom is -0.393 e. The SMILES string of the molecule is CC1CC(=O)C=C2CC[C@@H]3C(=C21)CC[C@]1(C)[C@@H](O)CC[C@@H]31. The highest BCUT2D eigenvalue weighted by Gasteiger charge is 2.53. The lowest BCUT2D eigenvalue weighted by Crippen LogP contribution is -2.42. The molecular weight excluding hydrogens is 260 g/mol. The predicted molar refractivity (Wildman–Crippen MR) is 82.7 cm³/mol. The molecule has 2 heteroatoms. The number of allylic oxidation sites excluding steroid dienone is 4. The van der Waals surface area contributed by atoms with E-state index < -0.39 is 0 Å². The van der Waals surface area contributed by atoms with Crippen LogP contribution in [0, 0.1) is 23.2 Å². The van der Waals surface area contributed by atoms with Gasteiger partial charge in [-0.05, 0) is 78.9 Å². The second kappa shape index (κ2) is 4.55. The van der Waals surface area contributed by atoms with Crippen molar-refractivity contribution in [2.24, 2.45) is 23.2 Å². The first-order valence-corrected chi connectivity index (χ1v) is 8.65. The molecule has 1 N–H and O–H groups in total. The van der Waals surface area contributed by atoms with Gasteiger partial charge >= 0.3 is 0 Å². The zero-order valence-corrected chi connectivity index (χ0v) is 13.2. The van der Waals surface area contributed by atoms with E-state index in [-0.39, 0.29) is 11.5 Å². The number of ketones is 1. The third kappa shape index (κ3) is 1.84. The highest BCUT2D eigenvalue weighted by atomic mass is 16.3. The van der Waals surface area contributed by atoms with Crippen LogP contribution in [0.25, 0.3) is 0 Å². The number of carbonyl (C=O) groups excluding carboxylic acids is 1. The molecule has 0 bridgehead atoms. The first-order chi connectivity index (χ1) is 10.0. The summed E-state index contributed by atoms with van der Waals surface area (Å²) in [7, 11) is 0. The van der Waals surface area contributed by atoms with Gasteiger partial charge < -0.3 is 5.11 Å². The van der Waals surface area contributed by atoms with Crippen molar-refractivity contribution in [3.05, 3.63) is 22.8 Å². The monoisotopic (exact) mass is 286 g/mol. The predicted octanol–water partition coefficient (Wildman–Crippen LogP) is 3.80. The van der Waals surface area contributed by atoms with Crippen molar-refractivity contribution in [3.63, 3.8) is 0 Å². The number of rotatable bonds is 0. The highest BCUT2D eigenvalue weighted by Crippen LogP contribution is 2.60. The van der Waals surface area contributed by atoms with Gasteiger partial charge in [0.25, 0.3) is 0 Å². The Morgan fingerprint density at radius 1 is 1.24 bits per heavy atom. The van der Waals surface area contributed by atoms with Gasteiger partial charge in [-0.2, -0.15) is 0 Å². The summed E-state index contributed by atoms with van der Waals surface area (Å²) in [6.07, 6.45) is 9.22. The second-order valence-corrected chi connectivity index (χ2v) is 8.03. The normalized spacial score (nSPS) is 45.9. The number of aliphatic hydroxyl groups is 1. The fraction of sp³-hybridized carbons (Fsp3) is 0.737. The van der Waals surface area contributed by atoms with Crippen LogP contribution in [-0.4, -0.2) is 17.0 Å². The lowest BCUT2D eigenvalue weighted by Gasteiger charge is -2.49. The molecule has 21 heavy (non-hydrogen) atoms. The summed E-state index contributed by atoms with van der Waals surface area (Å²) < 4.78 is 0. The molecule has 0 aromatic rings. The Morgan fingerprint density at radius 3 is 2.86 bits per heavy atom. The zero-order valence-electron chi connectivity index (χ0n) is 13.2. The molecule has 0 aliphatic heterocycles. The van der Waals surface area contributed by atoms with Gasteiger partial charge in [-0.3, -0.25) is 4.79 Å². The van der Waals surface area contributed by atoms with Gasteiger partial charge in [-0.15, -0.1) is 0 Å². The Balaban J connectivity index is 1.77. The second-order valence-electron chi connectivity index (χ2n) is 8.03. The molecule has 0 amide bonds. The lowest BCUT2D eigenvalue weighted by molar-refractivity contribution is -0.115. The van der Waals surface area contributed by atoms with Crippen molar-refractivity contribution in [3.8, 4) is 0 Å². The van der Waals surface area contributed by atoms with Crippen LogP contribution in [0.1, 0.15) is 58.8 Å². The minimum atomic E-state index is -0.101. The van der Waals surface area contributed by atoms with E-state index in [1.165, 1.54) is 24.0 Å². The van der Waals surface area contributed by atoms with E-state index >= 15 is 0 Å². The third-order valence-corrected chi connectivity index (χ3v) is 6.98. The van der Waals surface area contributed by atoms with Crippen molar-refractivity contribution in [1.82, 2.24) is 0 Å². The van der Waals surface area contributed by atoms with Crippen LogP contribution in [-0.2, 0) is 4.79 Å². The largest absolute Gasteiger partial charge is 0.393 e. The zero-order chi connectivity index (χ0) is 14.8.